The summed E-state index contributed by atoms with van der Waals surface area (Å²) in [6, 6.07) is 2.58. The van der Waals surface area contributed by atoms with Crippen molar-refractivity contribution < 1.29 is 22.6 Å². The minimum atomic E-state index is -4.58. The largest absolute Gasteiger partial charge is 0.417 e. The zero-order valence-corrected chi connectivity index (χ0v) is 18.3. The highest BCUT2D eigenvalue weighted by atomic mass is 19.4. The van der Waals surface area contributed by atoms with Crippen LogP contribution in [0, 0.1) is 0 Å². The number of anilines is 2. The van der Waals surface area contributed by atoms with Crippen LogP contribution in [-0.4, -0.2) is 79.0 Å². The van der Waals surface area contributed by atoms with Gasteiger partial charge in [-0.05, 0) is 25.0 Å². The van der Waals surface area contributed by atoms with Gasteiger partial charge in [0, 0.05) is 49.9 Å². The van der Waals surface area contributed by atoms with Crippen LogP contribution in [0.1, 0.15) is 24.1 Å². The summed E-state index contributed by atoms with van der Waals surface area (Å²) in [5, 5.41) is 0. The SMILES string of the molecule is Nc1cc(C(F)(F)F)c(-c2cc(C3(CN4CCOCC4)CC3)nc(N3CCOCC3)n2)cn1. The van der Waals surface area contributed by atoms with E-state index in [0.29, 0.717) is 45.5 Å². The topological polar surface area (TPSA) is 89.6 Å². The third-order valence-electron chi connectivity index (χ3n) is 6.54. The first-order chi connectivity index (χ1) is 15.8. The lowest BCUT2D eigenvalue weighted by Crippen LogP contribution is -2.41. The zero-order valence-electron chi connectivity index (χ0n) is 18.3. The van der Waals surface area contributed by atoms with Gasteiger partial charge in [0.05, 0.1) is 43.4 Å². The number of nitrogen functional groups attached to an aromatic ring is 1. The predicted molar refractivity (Wildman–Crippen MR) is 116 cm³/mol. The smallest absolute Gasteiger partial charge is 0.384 e. The average Bonchev–Trinajstić information content (AvgIpc) is 3.60. The van der Waals surface area contributed by atoms with Gasteiger partial charge in [-0.25, -0.2) is 15.0 Å². The van der Waals surface area contributed by atoms with Gasteiger partial charge in [0.2, 0.25) is 5.95 Å². The molecule has 33 heavy (non-hydrogen) atoms. The van der Waals surface area contributed by atoms with E-state index in [-0.39, 0.29) is 22.5 Å². The molecule has 2 N–H and O–H groups in total. The van der Waals surface area contributed by atoms with Crippen LogP contribution in [0.15, 0.2) is 18.3 Å². The minimum Gasteiger partial charge on any atom is -0.384 e. The van der Waals surface area contributed by atoms with Crippen LogP contribution in [0.25, 0.3) is 11.3 Å². The molecule has 8 nitrogen and oxygen atoms in total. The maximum atomic E-state index is 13.9. The highest BCUT2D eigenvalue weighted by Gasteiger charge is 2.48. The first kappa shape index (κ1) is 22.3. The normalized spacial score (nSPS) is 21.2. The molecule has 2 aromatic heterocycles. The van der Waals surface area contributed by atoms with Crippen LogP contribution >= 0.6 is 0 Å². The number of morpholine rings is 2. The predicted octanol–water partition coefficient (Wildman–Crippen LogP) is 2.34. The Labute approximate surface area is 189 Å². The van der Waals surface area contributed by atoms with E-state index >= 15 is 0 Å². The number of hydrogen-bond donors (Lipinski definition) is 1. The van der Waals surface area contributed by atoms with E-state index in [1.807, 2.05) is 4.90 Å². The maximum Gasteiger partial charge on any atom is 0.417 e. The first-order valence-corrected chi connectivity index (χ1v) is 11.2. The second-order valence-electron chi connectivity index (χ2n) is 8.86. The lowest BCUT2D eigenvalue weighted by Gasteiger charge is -2.31. The third kappa shape index (κ3) is 4.75. The Kier molecular flexibility index (Phi) is 5.87. The summed E-state index contributed by atoms with van der Waals surface area (Å²) in [6.07, 6.45) is -1.54. The molecule has 2 aromatic rings. The molecule has 1 saturated carbocycles. The summed E-state index contributed by atoms with van der Waals surface area (Å²) in [7, 11) is 0. The van der Waals surface area contributed by atoms with Crippen LogP contribution < -0.4 is 10.6 Å². The van der Waals surface area contributed by atoms with Crippen molar-refractivity contribution in [3.8, 4) is 11.3 Å². The van der Waals surface area contributed by atoms with Gasteiger partial charge < -0.3 is 20.1 Å². The van der Waals surface area contributed by atoms with Gasteiger partial charge in [0.1, 0.15) is 5.82 Å². The second kappa shape index (κ2) is 8.69. The molecule has 0 aromatic carbocycles. The van der Waals surface area contributed by atoms with E-state index < -0.39 is 11.7 Å². The van der Waals surface area contributed by atoms with Gasteiger partial charge in [-0.3, -0.25) is 4.90 Å². The molecule has 0 bridgehead atoms. The van der Waals surface area contributed by atoms with E-state index in [1.54, 1.807) is 6.07 Å². The van der Waals surface area contributed by atoms with Crippen molar-refractivity contribution in [2.24, 2.45) is 0 Å². The molecule has 0 atom stereocenters. The summed E-state index contributed by atoms with van der Waals surface area (Å²) < 4.78 is 52.5. The Hall–Kier alpha value is -2.50. The number of halogens is 3. The van der Waals surface area contributed by atoms with Crippen molar-refractivity contribution in [2.75, 3.05) is 69.8 Å². The molecule has 0 amide bonds. The molecule has 1 aliphatic carbocycles. The number of aromatic nitrogens is 3. The fraction of sp³-hybridized carbons (Fsp3) is 0.591. The Morgan fingerprint density at radius 3 is 2.27 bits per heavy atom. The third-order valence-corrected chi connectivity index (χ3v) is 6.54. The Bertz CT molecular complexity index is 1000. The molecule has 2 aliphatic heterocycles. The maximum absolute atomic E-state index is 13.9. The molecule has 3 aliphatic rings. The first-order valence-electron chi connectivity index (χ1n) is 11.2. The second-order valence-corrected chi connectivity index (χ2v) is 8.86. The highest BCUT2D eigenvalue weighted by molar-refractivity contribution is 5.67. The average molecular weight is 464 g/mol. The minimum absolute atomic E-state index is 0.0861. The van der Waals surface area contributed by atoms with E-state index in [2.05, 4.69) is 14.9 Å². The Balaban J connectivity index is 1.57. The summed E-state index contributed by atoms with van der Waals surface area (Å²) in [5.74, 6) is 0.253. The van der Waals surface area contributed by atoms with Gasteiger partial charge >= 0.3 is 6.18 Å². The van der Waals surface area contributed by atoms with Crippen LogP contribution in [0.5, 0.6) is 0 Å². The lowest BCUT2D eigenvalue weighted by molar-refractivity contribution is -0.137. The zero-order chi connectivity index (χ0) is 23.1. The van der Waals surface area contributed by atoms with Gasteiger partial charge in [-0.2, -0.15) is 13.2 Å². The summed E-state index contributed by atoms with van der Waals surface area (Å²) >= 11 is 0. The summed E-state index contributed by atoms with van der Waals surface area (Å²) in [6.45, 7) is 6.11. The van der Waals surface area contributed by atoms with Gasteiger partial charge in [-0.1, -0.05) is 0 Å². The van der Waals surface area contributed by atoms with E-state index in [9.17, 15) is 13.2 Å². The number of rotatable bonds is 5. The molecule has 2 saturated heterocycles. The molecule has 5 rings (SSSR count). The molecule has 11 heteroatoms. The summed E-state index contributed by atoms with van der Waals surface area (Å²) in [4.78, 5) is 17.7. The van der Waals surface area contributed by atoms with Crippen molar-refractivity contribution in [3.63, 3.8) is 0 Å². The molecular weight excluding hydrogens is 437 g/mol. The monoisotopic (exact) mass is 464 g/mol. The molecule has 4 heterocycles. The Morgan fingerprint density at radius 1 is 0.970 bits per heavy atom. The number of ether oxygens (including phenoxy) is 2. The van der Waals surface area contributed by atoms with E-state index in [4.69, 9.17) is 20.2 Å². The van der Waals surface area contributed by atoms with Crippen LogP contribution in [0.3, 0.4) is 0 Å². The van der Waals surface area contributed by atoms with Crippen LogP contribution in [0.4, 0.5) is 24.9 Å². The van der Waals surface area contributed by atoms with E-state index in [0.717, 1.165) is 50.4 Å². The van der Waals surface area contributed by atoms with Gasteiger partial charge in [-0.15, -0.1) is 0 Å². The highest BCUT2D eigenvalue weighted by Crippen LogP contribution is 2.49. The van der Waals surface area contributed by atoms with Crippen molar-refractivity contribution in [1.29, 1.82) is 0 Å². The van der Waals surface area contributed by atoms with Gasteiger partial charge in [0.15, 0.2) is 0 Å². The number of pyridine rings is 1. The van der Waals surface area contributed by atoms with Crippen LogP contribution in [0.2, 0.25) is 0 Å². The number of nitrogens with two attached hydrogens (primary N) is 1. The fourth-order valence-corrected chi connectivity index (χ4v) is 4.49. The van der Waals surface area contributed by atoms with Crippen LogP contribution in [-0.2, 0) is 21.1 Å². The number of hydrogen-bond acceptors (Lipinski definition) is 8. The Morgan fingerprint density at radius 2 is 1.64 bits per heavy atom. The molecule has 178 valence electrons. The van der Waals surface area contributed by atoms with Crippen molar-refractivity contribution in [2.45, 2.75) is 24.4 Å². The van der Waals surface area contributed by atoms with Crippen molar-refractivity contribution in [3.05, 3.63) is 29.6 Å². The standard InChI is InChI=1S/C22H27F3N6O2/c23-22(24,25)16-11-19(26)27-13-15(16)17-12-18(29-20(28-17)31-5-9-33-10-6-31)21(1-2-21)14-30-3-7-32-8-4-30/h11-13H,1-10,14H2,(H2,26,27). The molecule has 3 fully saturated rings. The number of nitrogens with zero attached hydrogens (tertiary/aromatic N) is 5. The van der Waals surface area contributed by atoms with Crippen molar-refractivity contribution >= 4 is 11.8 Å². The molecule has 0 spiro atoms. The van der Waals surface area contributed by atoms with Gasteiger partial charge in [0.25, 0.3) is 0 Å². The lowest BCUT2D eigenvalue weighted by atomic mass is 9.98. The van der Waals surface area contributed by atoms with Crippen molar-refractivity contribution in [1.82, 2.24) is 19.9 Å². The van der Waals surface area contributed by atoms with E-state index in [1.165, 1.54) is 0 Å². The molecular formula is C22H27F3N6O2. The molecule has 0 radical (unpaired) electrons. The molecule has 0 unspecified atom stereocenters. The summed E-state index contributed by atoms with van der Waals surface area (Å²) in [5.41, 5.74) is 5.47. The fourth-order valence-electron chi connectivity index (χ4n) is 4.49. The number of alkyl halides is 3. The quantitative estimate of drug-likeness (QED) is 0.722.